The van der Waals surface area contributed by atoms with Gasteiger partial charge in [0, 0.05) is 37.4 Å². The van der Waals surface area contributed by atoms with E-state index in [1.807, 2.05) is 11.0 Å². The smallest absolute Gasteiger partial charge is 0.409 e. The van der Waals surface area contributed by atoms with Gasteiger partial charge in [-0.1, -0.05) is 11.6 Å². The van der Waals surface area contributed by atoms with E-state index in [1.54, 1.807) is 23.1 Å². The molecule has 2 rings (SSSR count). The van der Waals surface area contributed by atoms with Crippen LogP contribution in [-0.2, 0) is 9.53 Å². The van der Waals surface area contributed by atoms with Crippen LogP contribution >= 0.6 is 11.6 Å². The van der Waals surface area contributed by atoms with Gasteiger partial charge in [-0.15, -0.1) is 0 Å². The van der Waals surface area contributed by atoms with Crippen LogP contribution in [0.25, 0.3) is 0 Å². The maximum Gasteiger partial charge on any atom is 0.409 e. The van der Waals surface area contributed by atoms with Crippen molar-refractivity contribution in [2.75, 3.05) is 45.7 Å². The van der Waals surface area contributed by atoms with Gasteiger partial charge in [0.25, 0.3) is 5.91 Å². The molecule has 0 bridgehead atoms. The van der Waals surface area contributed by atoms with Crippen molar-refractivity contribution in [2.45, 2.75) is 0 Å². The molecule has 1 fully saturated rings. The fourth-order valence-electron chi connectivity index (χ4n) is 2.45. The lowest BCUT2D eigenvalue weighted by Gasteiger charge is -2.33. The predicted molar refractivity (Wildman–Crippen MR) is 95.9 cm³/mol. The predicted octanol–water partition coefficient (Wildman–Crippen LogP) is 2.08. The van der Waals surface area contributed by atoms with Crippen molar-refractivity contribution in [3.8, 4) is 11.8 Å². The molecule has 9 heteroatoms. The number of rotatable bonds is 4. The number of carbonyl (C=O) groups is 2. The Morgan fingerprint density at radius 1 is 1.27 bits per heavy atom. The summed E-state index contributed by atoms with van der Waals surface area (Å²) < 4.78 is 9.85. The van der Waals surface area contributed by atoms with Crippen molar-refractivity contribution in [1.82, 2.24) is 9.80 Å². The lowest BCUT2D eigenvalue weighted by molar-refractivity contribution is -0.112. The van der Waals surface area contributed by atoms with E-state index in [4.69, 9.17) is 16.3 Å². The molecule has 2 amide bonds. The molecule has 1 saturated heterocycles. The van der Waals surface area contributed by atoms with Crippen LogP contribution in [0.3, 0.4) is 0 Å². The Morgan fingerprint density at radius 3 is 2.54 bits per heavy atom. The van der Waals surface area contributed by atoms with Crippen LogP contribution in [0.2, 0.25) is 5.02 Å². The van der Waals surface area contributed by atoms with Gasteiger partial charge in [-0.05, 0) is 18.2 Å². The molecule has 1 aliphatic rings. The van der Waals surface area contributed by atoms with Crippen molar-refractivity contribution in [1.29, 1.82) is 5.26 Å². The molecule has 1 aliphatic heterocycles. The standard InChI is InChI=1S/C17H19ClN4O4/c1-25-15-4-3-13(18)9-14(15)20-16(23)12(10-19)11-21-5-7-22(8-6-21)17(24)26-2/h3-4,9,11H,5-8H2,1-2H3,(H,20,23)/b12-11-. The Bertz CT molecular complexity index is 752. The van der Waals surface area contributed by atoms with E-state index in [2.05, 4.69) is 10.1 Å². The van der Waals surface area contributed by atoms with Crippen LogP contribution < -0.4 is 10.1 Å². The molecule has 0 spiro atoms. The number of nitrogens with one attached hydrogen (secondary N) is 1. The number of nitrogens with zero attached hydrogens (tertiary/aromatic N) is 3. The highest BCUT2D eigenvalue weighted by atomic mass is 35.5. The lowest BCUT2D eigenvalue weighted by atomic mass is 10.2. The number of methoxy groups -OCH3 is 2. The zero-order valence-electron chi connectivity index (χ0n) is 14.5. The number of halogens is 1. The number of ether oxygens (including phenoxy) is 2. The molecule has 1 heterocycles. The Balaban J connectivity index is 2.05. The van der Waals surface area contributed by atoms with Gasteiger partial charge in [-0.25, -0.2) is 4.79 Å². The first-order valence-corrected chi connectivity index (χ1v) is 8.20. The van der Waals surface area contributed by atoms with Crippen molar-refractivity contribution in [2.24, 2.45) is 0 Å². The van der Waals surface area contributed by atoms with Gasteiger partial charge in [-0.2, -0.15) is 5.26 Å². The summed E-state index contributed by atoms with van der Waals surface area (Å²) in [6.45, 7) is 1.89. The molecule has 8 nitrogen and oxygen atoms in total. The minimum Gasteiger partial charge on any atom is -0.495 e. The third-order valence-electron chi connectivity index (χ3n) is 3.83. The average molecular weight is 379 g/mol. The Labute approximate surface area is 156 Å². The quantitative estimate of drug-likeness (QED) is 0.636. The lowest BCUT2D eigenvalue weighted by Crippen LogP contribution is -2.47. The molecule has 0 radical (unpaired) electrons. The maximum atomic E-state index is 12.4. The van der Waals surface area contributed by atoms with Crippen LogP contribution in [0, 0.1) is 11.3 Å². The number of benzene rings is 1. The summed E-state index contributed by atoms with van der Waals surface area (Å²) in [5.41, 5.74) is 0.320. The second kappa shape index (κ2) is 8.97. The molecular weight excluding hydrogens is 360 g/mol. The number of nitriles is 1. The number of anilines is 1. The van der Waals surface area contributed by atoms with Gasteiger partial charge in [0.2, 0.25) is 0 Å². The van der Waals surface area contributed by atoms with E-state index in [9.17, 15) is 14.9 Å². The van der Waals surface area contributed by atoms with Crippen molar-refractivity contribution < 1.29 is 19.1 Å². The molecule has 138 valence electrons. The molecule has 1 aromatic rings. The molecule has 0 unspecified atom stereocenters. The molecular formula is C17H19ClN4O4. The van der Waals surface area contributed by atoms with Crippen LogP contribution in [0.5, 0.6) is 5.75 Å². The fraction of sp³-hybridized carbons (Fsp3) is 0.353. The molecule has 0 saturated carbocycles. The van der Waals surface area contributed by atoms with Crippen molar-refractivity contribution >= 4 is 29.3 Å². The van der Waals surface area contributed by atoms with Crippen molar-refractivity contribution in [3.63, 3.8) is 0 Å². The number of carbonyl (C=O) groups excluding carboxylic acids is 2. The van der Waals surface area contributed by atoms with Gasteiger partial charge in [0.15, 0.2) is 0 Å². The molecule has 1 aromatic carbocycles. The summed E-state index contributed by atoms with van der Waals surface area (Å²) in [5.74, 6) is -0.129. The Hall–Kier alpha value is -2.92. The van der Waals surface area contributed by atoms with Gasteiger partial charge < -0.3 is 24.6 Å². The van der Waals surface area contributed by atoms with E-state index in [-0.39, 0.29) is 11.7 Å². The Kier molecular flexibility index (Phi) is 6.69. The van der Waals surface area contributed by atoms with E-state index in [1.165, 1.54) is 20.4 Å². The zero-order valence-corrected chi connectivity index (χ0v) is 15.2. The van der Waals surface area contributed by atoms with Gasteiger partial charge >= 0.3 is 6.09 Å². The fourth-order valence-corrected chi connectivity index (χ4v) is 2.62. The number of piperazine rings is 1. The highest BCUT2D eigenvalue weighted by molar-refractivity contribution is 6.31. The second-order valence-electron chi connectivity index (χ2n) is 5.45. The van der Waals surface area contributed by atoms with Gasteiger partial charge in [0.05, 0.1) is 19.9 Å². The largest absolute Gasteiger partial charge is 0.495 e. The van der Waals surface area contributed by atoms with Crippen molar-refractivity contribution in [3.05, 3.63) is 35.0 Å². The van der Waals surface area contributed by atoms with Crippen LogP contribution in [0.15, 0.2) is 30.0 Å². The molecule has 26 heavy (non-hydrogen) atoms. The third kappa shape index (κ3) is 4.80. The summed E-state index contributed by atoms with van der Waals surface area (Å²) in [6.07, 6.45) is 1.10. The number of hydrogen-bond acceptors (Lipinski definition) is 6. The van der Waals surface area contributed by atoms with Gasteiger partial charge in [-0.3, -0.25) is 4.79 Å². The monoisotopic (exact) mass is 378 g/mol. The highest BCUT2D eigenvalue weighted by Crippen LogP contribution is 2.28. The first-order chi connectivity index (χ1) is 12.5. The van der Waals surface area contributed by atoms with E-state index in [0.29, 0.717) is 42.6 Å². The highest BCUT2D eigenvalue weighted by Gasteiger charge is 2.21. The molecule has 0 aliphatic carbocycles. The Morgan fingerprint density at radius 2 is 1.96 bits per heavy atom. The normalized spacial score (nSPS) is 14.5. The summed E-state index contributed by atoms with van der Waals surface area (Å²) in [5, 5.41) is 12.4. The molecule has 0 aromatic heterocycles. The average Bonchev–Trinajstić information content (AvgIpc) is 2.66. The third-order valence-corrected chi connectivity index (χ3v) is 4.07. The molecule has 1 N–H and O–H groups in total. The van der Waals surface area contributed by atoms with Crippen LogP contribution in [0.1, 0.15) is 0 Å². The number of amides is 2. The SMILES string of the molecule is COC(=O)N1CCN(/C=C(/C#N)C(=O)Nc2cc(Cl)ccc2OC)CC1. The minimum atomic E-state index is -0.566. The summed E-state index contributed by atoms with van der Waals surface area (Å²) in [6, 6.07) is 6.70. The van der Waals surface area contributed by atoms with Crippen LogP contribution in [0.4, 0.5) is 10.5 Å². The summed E-state index contributed by atoms with van der Waals surface area (Å²) in [4.78, 5) is 27.3. The minimum absolute atomic E-state index is 0.0569. The van der Waals surface area contributed by atoms with E-state index >= 15 is 0 Å². The first kappa shape index (κ1) is 19.4. The summed E-state index contributed by atoms with van der Waals surface area (Å²) >= 11 is 5.94. The zero-order chi connectivity index (χ0) is 19.1. The first-order valence-electron chi connectivity index (χ1n) is 7.82. The maximum absolute atomic E-state index is 12.4. The van der Waals surface area contributed by atoms with E-state index in [0.717, 1.165) is 0 Å². The summed E-state index contributed by atoms with van der Waals surface area (Å²) in [7, 11) is 2.80. The van der Waals surface area contributed by atoms with E-state index < -0.39 is 5.91 Å². The number of hydrogen-bond donors (Lipinski definition) is 1. The topological polar surface area (TPSA) is 94.9 Å². The second-order valence-corrected chi connectivity index (χ2v) is 5.88. The van der Waals surface area contributed by atoms with Gasteiger partial charge in [0.1, 0.15) is 17.4 Å². The van der Waals surface area contributed by atoms with Crippen LogP contribution in [-0.4, -0.2) is 62.2 Å². The molecule has 0 atom stereocenters.